The van der Waals surface area contributed by atoms with E-state index in [1.165, 1.54) is 0 Å². The standard InChI is InChI=1S/CH5N3.HNO3/c2*2-1(3)4/h(H5,2,3,4);(H,2,3,4). The van der Waals surface area contributed by atoms with E-state index in [9.17, 15) is 0 Å². The van der Waals surface area contributed by atoms with Gasteiger partial charge >= 0.3 is 0 Å². The first-order chi connectivity index (χ1) is 3.46. The molecule has 7 nitrogen and oxygen atoms in total. The lowest BCUT2D eigenvalue weighted by Crippen LogP contribution is -2.20. The minimum atomic E-state index is -1.50. The largest absolute Gasteiger partial charge is 0.370 e. The predicted octanol–water partition coefficient (Wildman–Crippen LogP) is -1.51. The fourth-order valence-electron chi connectivity index (χ4n) is 0. The maximum atomic E-state index is 8.36. The molecule has 0 unspecified atom stereocenters. The molecule has 0 aliphatic heterocycles. The highest BCUT2D eigenvalue weighted by Gasteiger charge is 1.65. The van der Waals surface area contributed by atoms with Crippen molar-refractivity contribution in [3.05, 3.63) is 10.1 Å². The predicted molar refractivity (Wildman–Crippen MR) is 24.9 cm³/mol. The van der Waals surface area contributed by atoms with Crippen LogP contribution < -0.4 is 11.5 Å². The van der Waals surface area contributed by atoms with Crippen LogP contribution in [-0.4, -0.2) is 16.3 Å². The van der Waals surface area contributed by atoms with Crippen LogP contribution in [0.4, 0.5) is 0 Å². The van der Waals surface area contributed by atoms with Crippen LogP contribution in [0.5, 0.6) is 0 Å². The van der Waals surface area contributed by atoms with Crippen LogP contribution in [-0.2, 0) is 0 Å². The van der Waals surface area contributed by atoms with Crippen LogP contribution in [0.2, 0.25) is 0 Å². The zero-order valence-corrected chi connectivity index (χ0v) is 3.87. The summed E-state index contributed by atoms with van der Waals surface area (Å²) in [5, 5.41) is 19.7. The third-order valence-electron chi connectivity index (χ3n) is 0. The van der Waals surface area contributed by atoms with E-state index < -0.39 is 5.09 Å². The highest BCUT2D eigenvalue weighted by molar-refractivity contribution is 5.71. The summed E-state index contributed by atoms with van der Waals surface area (Å²) in [7, 11) is 0. The molecule has 0 aromatic carbocycles. The summed E-state index contributed by atoms with van der Waals surface area (Å²) in [6.07, 6.45) is 0. The van der Waals surface area contributed by atoms with Crippen molar-refractivity contribution in [1.82, 2.24) is 0 Å². The smallest absolute Gasteiger partial charge is 0.291 e. The molecular weight excluding hydrogens is 116 g/mol. The Balaban J connectivity index is 0. The van der Waals surface area contributed by atoms with Crippen LogP contribution in [0.15, 0.2) is 0 Å². The van der Waals surface area contributed by atoms with Gasteiger partial charge in [-0.3, -0.25) is 5.41 Å². The second-order valence-corrected chi connectivity index (χ2v) is 0.693. The molecule has 0 heterocycles. The molecule has 0 saturated carbocycles. The Morgan fingerprint density at radius 2 is 1.75 bits per heavy atom. The van der Waals surface area contributed by atoms with Crippen LogP contribution in [0, 0.1) is 15.5 Å². The van der Waals surface area contributed by atoms with Gasteiger partial charge in [-0.1, -0.05) is 0 Å². The molecule has 0 bridgehead atoms. The summed E-state index contributed by atoms with van der Waals surface area (Å²) in [6, 6.07) is 0. The quantitative estimate of drug-likeness (QED) is 0.134. The molecular formula is CH6N4O3. The van der Waals surface area contributed by atoms with Crippen molar-refractivity contribution in [1.29, 1.82) is 5.41 Å². The zero-order chi connectivity index (χ0) is 7.15. The number of nitrogens with zero attached hydrogens (tertiary/aromatic N) is 1. The Morgan fingerprint density at radius 1 is 1.75 bits per heavy atom. The van der Waals surface area contributed by atoms with E-state index in [0.29, 0.717) is 0 Å². The Bertz CT molecular complexity index is 69.3. The first-order valence-corrected chi connectivity index (χ1v) is 1.39. The number of nitrogens with two attached hydrogens (primary N) is 2. The average molecular weight is 122 g/mol. The summed E-state index contributed by atoms with van der Waals surface area (Å²) in [4.78, 5) is 8.36. The lowest BCUT2D eigenvalue weighted by molar-refractivity contribution is -0.742. The highest BCUT2D eigenvalue weighted by Crippen LogP contribution is 1.38. The van der Waals surface area contributed by atoms with Crippen molar-refractivity contribution in [2.45, 2.75) is 0 Å². The molecule has 0 saturated heterocycles. The van der Waals surface area contributed by atoms with Gasteiger partial charge in [0.2, 0.25) is 0 Å². The minimum Gasteiger partial charge on any atom is -0.370 e. The molecule has 0 aromatic heterocycles. The molecule has 0 rings (SSSR count). The summed E-state index contributed by atoms with van der Waals surface area (Å²) in [5.74, 6) is -0.333. The van der Waals surface area contributed by atoms with Crippen LogP contribution in [0.1, 0.15) is 0 Å². The first kappa shape index (κ1) is 9.69. The molecule has 0 atom stereocenters. The van der Waals surface area contributed by atoms with Gasteiger partial charge in [-0.15, -0.1) is 10.1 Å². The van der Waals surface area contributed by atoms with E-state index in [1.807, 2.05) is 0 Å². The van der Waals surface area contributed by atoms with Crippen molar-refractivity contribution in [2.75, 3.05) is 0 Å². The van der Waals surface area contributed by atoms with Gasteiger partial charge in [0.25, 0.3) is 5.09 Å². The fraction of sp³-hybridized carbons (Fsp3) is 0. The van der Waals surface area contributed by atoms with Gasteiger partial charge in [-0.05, 0) is 0 Å². The summed E-state index contributed by atoms with van der Waals surface area (Å²) in [6.45, 7) is 0. The van der Waals surface area contributed by atoms with E-state index in [-0.39, 0.29) is 5.96 Å². The van der Waals surface area contributed by atoms with E-state index in [2.05, 4.69) is 11.5 Å². The molecule has 0 radical (unpaired) electrons. The normalized spacial score (nSPS) is 6.00. The van der Waals surface area contributed by atoms with Crippen molar-refractivity contribution in [3.63, 3.8) is 0 Å². The molecule has 48 valence electrons. The number of hydrogen-bond donors (Lipinski definition) is 4. The maximum Gasteiger partial charge on any atom is 0.291 e. The summed E-state index contributed by atoms with van der Waals surface area (Å²) >= 11 is 0. The van der Waals surface area contributed by atoms with Gasteiger partial charge in [-0.2, -0.15) is 0 Å². The Morgan fingerprint density at radius 3 is 1.75 bits per heavy atom. The minimum absolute atomic E-state index is 0.333. The number of nitrogens with one attached hydrogen (secondary N) is 1. The van der Waals surface area contributed by atoms with Crippen LogP contribution in [0.25, 0.3) is 0 Å². The van der Waals surface area contributed by atoms with Crippen LogP contribution >= 0.6 is 0 Å². The van der Waals surface area contributed by atoms with Crippen molar-refractivity contribution in [2.24, 2.45) is 11.5 Å². The molecule has 0 amide bonds. The number of rotatable bonds is 0. The second-order valence-electron chi connectivity index (χ2n) is 0.693. The lowest BCUT2D eigenvalue weighted by atomic mass is 11.1. The van der Waals surface area contributed by atoms with E-state index in [4.69, 9.17) is 20.7 Å². The third kappa shape index (κ3) is 23.0. The third-order valence-corrected chi connectivity index (χ3v) is 0. The molecule has 0 fully saturated rings. The monoisotopic (exact) mass is 122 g/mol. The Kier molecular flexibility index (Phi) is 6.62. The Hall–Kier alpha value is -1.53. The van der Waals surface area contributed by atoms with Crippen molar-refractivity contribution in [3.8, 4) is 0 Å². The van der Waals surface area contributed by atoms with E-state index in [1.54, 1.807) is 0 Å². The number of hydrogen-bond acceptors (Lipinski definition) is 3. The van der Waals surface area contributed by atoms with E-state index in [0.717, 1.165) is 0 Å². The highest BCUT2D eigenvalue weighted by atomic mass is 16.9. The average Bonchev–Trinajstić information content (AvgIpc) is 1.25. The molecule has 0 aliphatic rings. The lowest BCUT2D eigenvalue weighted by Gasteiger charge is -1.69. The molecule has 0 aliphatic carbocycles. The molecule has 0 aromatic rings. The van der Waals surface area contributed by atoms with Crippen molar-refractivity contribution < 1.29 is 10.3 Å². The SMILES string of the molecule is N=C(N)N.O=[N+]([O-])O. The van der Waals surface area contributed by atoms with E-state index >= 15 is 0 Å². The van der Waals surface area contributed by atoms with Gasteiger partial charge in [0, 0.05) is 0 Å². The topological polar surface area (TPSA) is 139 Å². The number of guanidine groups is 1. The van der Waals surface area contributed by atoms with Gasteiger partial charge in [-0.25, -0.2) is 0 Å². The second kappa shape index (κ2) is 5.47. The van der Waals surface area contributed by atoms with Gasteiger partial charge in [0.05, 0.1) is 0 Å². The Labute approximate surface area is 44.5 Å². The van der Waals surface area contributed by atoms with Gasteiger partial charge in [0.15, 0.2) is 5.96 Å². The molecule has 8 heavy (non-hydrogen) atoms. The molecule has 7 heteroatoms. The maximum absolute atomic E-state index is 8.36. The van der Waals surface area contributed by atoms with Crippen LogP contribution in [0.3, 0.4) is 0 Å². The summed E-state index contributed by atoms with van der Waals surface area (Å²) in [5.41, 5.74) is 8.94. The zero-order valence-electron chi connectivity index (χ0n) is 3.87. The van der Waals surface area contributed by atoms with Gasteiger partial charge in [0.1, 0.15) is 0 Å². The molecule has 0 spiro atoms. The van der Waals surface area contributed by atoms with Crippen molar-refractivity contribution >= 4 is 5.96 Å². The summed E-state index contributed by atoms with van der Waals surface area (Å²) < 4.78 is 0. The van der Waals surface area contributed by atoms with Gasteiger partial charge < -0.3 is 16.7 Å². The molecule has 6 N–H and O–H groups in total. The fourth-order valence-corrected chi connectivity index (χ4v) is 0. The first-order valence-electron chi connectivity index (χ1n) is 1.39.